The van der Waals surface area contributed by atoms with Gasteiger partial charge < -0.3 is 9.84 Å². The summed E-state index contributed by atoms with van der Waals surface area (Å²) in [5.74, 6) is 0.106. The lowest BCUT2D eigenvalue weighted by atomic mass is 9.94. The average Bonchev–Trinajstić information content (AvgIpc) is 3.02. The van der Waals surface area contributed by atoms with Crippen LogP contribution >= 0.6 is 0 Å². The number of carbonyl (C=O) groups is 1. The molecule has 152 valence electrons. The molecular weight excluding hydrogens is 378 g/mol. The molecule has 1 aromatic heterocycles. The van der Waals surface area contributed by atoms with Gasteiger partial charge in [-0.1, -0.05) is 18.5 Å². The second-order valence-corrected chi connectivity index (χ2v) is 9.11. The summed E-state index contributed by atoms with van der Waals surface area (Å²) in [6.07, 6.45) is 3.47. The average molecular weight is 406 g/mol. The van der Waals surface area contributed by atoms with Crippen molar-refractivity contribution >= 4 is 21.6 Å². The maximum atomic E-state index is 12.8. The van der Waals surface area contributed by atoms with Crippen LogP contribution in [0, 0.1) is 13.8 Å². The fourth-order valence-electron chi connectivity index (χ4n) is 3.70. The Morgan fingerprint density at radius 1 is 1.18 bits per heavy atom. The molecule has 1 amide bonds. The van der Waals surface area contributed by atoms with E-state index in [0.29, 0.717) is 36.7 Å². The highest BCUT2D eigenvalue weighted by molar-refractivity contribution is 7.89. The second-order valence-electron chi connectivity index (χ2n) is 7.18. The van der Waals surface area contributed by atoms with Crippen molar-refractivity contribution in [2.24, 2.45) is 0 Å². The maximum Gasteiger partial charge on any atom is 0.243 e. The van der Waals surface area contributed by atoms with Gasteiger partial charge >= 0.3 is 0 Å². The third-order valence-corrected chi connectivity index (χ3v) is 7.15. The summed E-state index contributed by atoms with van der Waals surface area (Å²) in [6, 6.07) is 6.37. The molecule has 2 heterocycles. The molecule has 1 atom stereocenters. The SMILES string of the molecule is CCC(C(=O)Nc1ccc(S(=O)(=O)N2CCCCC2)cc1)c1c(C)noc1C. The zero-order valence-electron chi connectivity index (χ0n) is 16.6. The lowest BCUT2D eigenvalue weighted by molar-refractivity contribution is -0.117. The topological polar surface area (TPSA) is 92.5 Å². The van der Waals surface area contributed by atoms with Gasteiger partial charge in [-0.15, -0.1) is 0 Å². The zero-order chi connectivity index (χ0) is 20.3. The van der Waals surface area contributed by atoms with Crippen molar-refractivity contribution in [1.29, 1.82) is 0 Å². The van der Waals surface area contributed by atoms with Gasteiger partial charge in [-0.25, -0.2) is 8.42 Å². The summed E-state index contributed by atoms with van der Waals surface area (Å²) in [5, 5.41) is 6.81. The van der Waals surface area contributed by atoms with Crippen molar-refractivity contribution < 1.29 is 17.7 Å². The molecule has 28 heavy (non-hydrogen) atoms. The van der Waals surface area contributed by atoms with Crippen molar-refractivity contribution in [3.8, 4) is 0 Å². The molecular formula is C20H27N3O4S. The second kappa shape index (κ2) is 8.45. The van der Waals surface area contributed by atoms with Gasteiger partial charge in [0, 0.05) is 24.3 Å². The van der Waals surface area contributed by atoms with Crippen LogP contribution < -0.4 is 5.32 Å². The van der Waals surface area contributed by atoms with Gasteiger partial charge in [-0.2, -0.15) is 4.31 Å². The van der Waals surface area contributed by atoms with E-state index in [2.05, 4.69) is 10.5 Å². The number of aromatic nitrogens is 1. The van der Waals surface area contributed by atoms with E-state index in [1.165, 1.54) is 4.31 Å². The van der Waals surface area contributed by atoms with Gasteiger partial charge in [-0.3, -0.25) is 4.79 Å². The van der Waals surface area contributed by atoms with Gasteiger partial charge in [-0.05, 0) is 57.4 Å². The minimum Gasteiger partial charge on any atom is -0.361 e. The van der Waals surface area contributed by atoms with Crippen LogP contribution in [0.3, 0.4) is 0 Å². The third kappa shape index (κ3) is 4.12. The maximum absolute atomic E-state index is 12.8. The summed E-state index contributed by atoms with van der Waals surface area (Å²) in [5.41, 5.74) is 2.08. The Morgan fingerprint density at radius 2 is 1.82 bits per heavy atom. The highest BCUT2D eigenvalue weighted by Gasteiger charge is 2.27. The fourth-order valence-corrected chi connectivity index (χ4v) is 5.22. The molecule has 1 aromatic carbocycles. The normalized spacial score (nSPS) is 16.7. The number of sulfonamides is 1. The molecule has 0 bridgehead atoms. The van der Waals surface area contributed by atoms with Crippen LogP contribution in [0.2, 0.25) is 0 Å². The molecule has 0 spiro atoms. The summed E-state index contributed by atoms with van der Waals surface area (Å²) in [6.45, 7) is 6.69. The number of rotatable bonds is 6. The first-order chi connectivity index (χ1) is 13.3. The van der Waals surface area contributed by atoms with Gasteiger partial charge in [0.15, 0.2) is 0 Å². The summed E-state index contributed by atoms with van der Waals surface area (Å²) in [7, 11) is -3.47. The highest BCUT2D eigenvalue weighted by atomic mass is 32.2. The number of amides is 1. The van der Waals surface area contributed by atoms with Crippen LogP contribution in [-0.4, -0.2) is 36.9 Å². The third-order valence-electron chi connectivity index (χ3n) is 5.24. The molecule has 3 rings (SSSR count). The van der Waals surface area contributed by atoms with Crippen molar-refractivity contribution in [1.82, 2.24) is 9.46 Å². The Kier molecular flexibility index (Phi) is 6.20. The Balaban J connectivity index is 1.74. The van der Waals surface area contributed by atoms with Crippen LogP contribution in [0.5, 0.6) is 0 Å². The molecule has 1 aliphatic heterocycles. The Labute approximate surface area is 166 Å². The van der Waals surface area contributed by atoms with E-state index in [4.69, 9.17) is 4.52 Å². The molecule has 2 aromatic rings. The first kappa shape index (κ1) is 20.5. The molecule has 8 heteroatoms. The van der Waals surface area contributed by atoms with E-state index in [0.717, 1.165) is 24.8 Å². The summed E-state index contributed by atoms with van der Waals surface area (Å²) >= 11 is 0. The largest absolute Gasteiger partial charge is 0.361 e. The standard InChI is InChI=1S/C20H27N3O4S/c1-4-18(19-14(2)22-27-15(19)3)20(24)21-16-8-10-17(11-9-16)28(25,26)23-12-6-5-7-13-23/h8-11,18H,4-7,12-13H2,1-3H3,(H,21,24). The number of hydrogen-bond acceptors (Lipinski definition) is 5. The van der Waals surface area contributed by atoms with Gasteiger partial charge in [0.05, 0.1) is 16.5 Å². The molecule has 0 radical (unpaired) electrons. The monoisotopic (exact) mass is 405 g/mol. The number of benzene rings is 1. The Bertz CT molecular complexity index is 909. The minimum absolute atomic E-state index is 0.163. The quantitative estimate of drug-likeness (QED) is 0.793. The first-order valence-corrected chi connectivity index (χ1v) is 11.1. The predicted molar refractivity (Wildman–Crippen MR) is 107 cm³/mol. The van der Waals surface area contributed by atoms with Crippen LogP contribution in [0.4, 0.5) is 5.69 Å². The molecule has 1 unspecified atom stereocenters. The van der Waals surface area contributed by atoms with E-state index in [9.17, 15) is 13.2 Å². The number of anilines is 1. The van der Waals surface area contributed by atoms with Gasteiger partial charge in [0.1, 0.15) is 5.76 Å². The number of nitrogens with one attached hydrogen (secondary N) is 1. The van der Waals surface area contributed by atoms with E-state index >= 15 is 0 Å². The lowest BCUT2D eigenvalue weighted by Crippen LogP contribution is -2.35. The Morgan fingerprint density at radius 3 is 2.36 bits per heavy atom. The van der Waals surface area contributed by atoms with E-state index < -0.39 is 10.0 Å². The number of hydrogen-bond donors (Lipinski definition) is 1. The number of nitrogens with zero attached hydrogens (tertiary/aromatic N) is 2. The molecule has 7 nitrogen and oxygen atoms in total. The predicted octanol–water partition coefficient (Wildman–Crippen LogP) is 3.60. The molecule has 0 saturated carbocycles. The number of piperidine rings is 1. The summed E-state index contributed by atoms with van der Waals surface area (Å²) in [4.78, 5) is 13.0. The number of carbonyl (C=O) groups excluding carboxylic acids is 1. The van der Waals surface area contributed by atoms with Crippen molar-refractivity contribution in [3.05, 3.63) is 41.3 Å². The molecule has 1 N–H and O–H groups in total. The van der Waals surface area contributed by atoms with Crippen molar-refractivity contribution in [3.63, 3.8) is 0 Å². The van der Waals surface area contributed by atoms with E-state index in [-0.39, 0.29) is 16.7 Å². The molecule has 1 aliphatic rings. The summed E-state index contributed by atoms with van der Waals surface area (Å²) < 4.78 is 32.2. The smallest absolute Gasteiger partial charge is 0.243 e. The highest BCUT2D eigenvalue weighted by Crippen LogP contribution is 2.28. The van der Waals surface area contributed by atoms with Crippen molar-refractivity contribution in [2.75, 3.05) is 18.4 Å². The van der Waals surface area contributed by atoms with Crippen LogP contribution in [-0.2, 0) is 14.8 Å². The van der Waals surface area contributed by atoms with Gasteiger partial charge in [0.2, 0.25) is 15.9 Å². The first-order valence-electron chi connectivity index (χ1n) is 9.68. The molecule has 0 aliphatic carbocycles. The van der Waals surface area contributed by atoms with Crippen molar-refractivity contribution in [2.45, 2.75) is 57.3 Å². The minimum atomic E-state index is -3.47. The van der Waals surface area contributed by atoms with Crippen LogP contribution in [0.25, 0.3) is 0 Å². The van der Waals surface area contributed by atoms with Gasteiger partial charge in [0.25, 0.3) is 0 Å². The lowest BCUT2D eigenvalue weighted by Gasteiger charge is -2.25. The number of aryl methyl sites for hydroxylation is 2. The molecule has 1 saturated heterocycles. The Hall–Kier alpha value is -2.19. The van der Waals surface area contributed by atoms with E-state index in [1.54, 1.807) is 31.2 Å². The van der Waals surface area contributed by atoms with Crippen LogP contribution in [0.15, 0.2) is 33.7 Å². The fraction of sp³-hybridized carbons (Fsp3) is 0.500. The molecule has 1 fully saturated rings. The van der Waals surface area contributed by atoms with E-state index in [1.807, 2.05) is 13.8 Å². The zero-order valence-corrected chi connectivity index (χ0v) is 17.4. The van der Waals surface area contributed by atoms with Crippen LogP contribution in [0.1, 0.15) is 55.5 Å².